The summed E-state index contributed by atoms with van der Waals surface area (Å²) in [5.41, 5.74) is 0.635. The van der Waals surface area contributed by atoms with E-state index in [1.807, 2.05) is 35.7 Å². The molecule has 2 rings (SSSR count). The van der Waals surface area contributed by atoms with E-state index in [-0.39, 0.29) is 25.5 Å². The number of thiophene rings is 1. The number of carbonyl (C=O) groups is 2. The molecule has 8 heteroatoms. The van der Waals surface area contributed by atoms with Crippen LogP contribution in [0.5, 0.6) is 5.75 Å². The first-order valence-corrected chi connectivity index (χ1v) is 9.54. The number of para-hydroxylation sites is 1. The molecule has 1 aromatic carbocycles. The summed E-state index contributed by atoms with van der Waals surface area (Å²) in [4.78, 5) is 25.2. The van der Waals surface area contributed by atoms with Crippen LogP contribution in [0.15, 0.2) is 35.2 Å². The third-order valence-electron chi connectivity index (χ3n) is 3.29. The summed E-state index contributed by atoms with van der Waals surface area (Å²) in [6.45, 7) is 3.94. The van der Waals surface area contributed by atoms with Gasteiger partial charge in [0.1, 0.15) is 21.0 Å². The van der Waals surface area contributed by atoms with Crippen molar-refractivity contribution in [2.45, 2.75) is 25.2 Å². The molecule has 0 saturated carbocycles. The van der Waals surface area contributed by atoms with E-state index < -0.39 is 5.97 Å². The SMILES string of the molecule is CCOC(=O)c1sc(NC(=O)CCOc2ccccc2)c(SC#N)c1C. The first-order valence-electron chi connectivity index (χ1n) is 7.91. The number of hydrogen-bond donors (Lipinski definition) is 1. The molecule has 2 aromatic rings. The fourth-order valence-electron chi connectivity index (χ4n) is 2.11. The Morgan fingerprint density at radius 1 is 1.31 bits per heavy atom. The molecular formula is C18H18N2O4S2. The highest BCUT2D eigenvalue weighted by Gasteiger charge is 2.22. The number of carbonyl (C=O) groups excluding carboxylic acids is 2. The number of esters is 1. The van der Waals surface area contributed by atoms with Gasteiger partial charge in [-0.15, -0.1) is 11.3 Å². The molecule has 0 aliphatic rings. The molecule has 6 nitrogen and oxygen atoms in total. The van der Waals surface area contributed by atoms with E-state index in [9.17, 15) is 9.59 Å². The second kappa shape index (κ2) is 9.85. The van der Waals surface area contributed by atoms with Crippen molar-refractivity contribution in [2.24, 2.45) is 0 Å². The molecule has 0 radical (unpaired) electrons. The minimum Gasteiger partial charge on any atom is -0.493 e. The Morgan fingerprint density at radius 3 is 2.69 bits per heavy atom. The highest BCUT2D eigenvalue weighted by molar-refractivity contribution is 8.04. The lowest BCUT2D eigenvalue weighted by Crippen LogP contribution is -2.14. The van der Waals surface area contributed by atoms with E-state index in [0.29, 0.717) is 26.1 Å². The summed E-state index contributed by atoms with van der Waals surface area (Å²) in [7, 11) is 0. The lowest BCUT2D eigenvalue weighted by atomic mass is 10.3. The second-order valence-electron chi connectivity index (χ2n) is 5.09. The number of benzene rings is 1. The Labute approximate surface area is 160 Å². The van der Waals surface area contributed by atoms with Crippen LogP contribution in [-0.2, 0) is 9.53 Å². The topological polar surface area (TPSA) is 88.4 Å². The first-order chi connectivity index (χ1) is 12.6. The Kier molecular flexibility index (Phi) is 7.51. The Hall–Kier alpha value is -2.50. The average molecular weight is 390 g/mol. The maximum atomic E-state index is 12.2. The zero-order valence-electron chi connectivity index (χ0n) is 14.4. The largest absolute Gasteiger partial charge is 0.493 e. The number of amides is 1. The number of anilines is 1. The molecule has 1 N–H and O–H groups in total. The van der Waals surface area contributed by atoms with Crippen molar-refractivity contribution in [2.75, 3.05) is 18.5 Å². The van der Waals surface area contributed by atoms with Crippen LogP contribution in [-0.4, -0.2) is 25.1 Å². The van der Waals surface area contributed by atoms with Gasteiger partial charge in [0.2, 0.25) is 5.91 Å². The molecule has 26 heavy (non-hydrogen) atoms. The van der Waals surface area contributed by atoms with Crippen molar-refractivity contribution >= 4 is 40.0 Å². The van der Waals surface area contributed by atoms with Crippen molar-refractivity contribution in [1.29, 1.82) is 5.26 Å². The Morgan fingerprint density at radius 2 is 2.04 bits per heavy atom. The number of ether oxygens (including phenoxy) is 2. The Balaban J connectivity index is 2.02. The maximum Gasteiger partial charge on any atom is 0.348 e. The number of nitrogens with zero attached hydrogens (tertiary/aromatic N) is 1. The van der Waals surface area contributed by atoms with Gasteiger partial charge >= 0.3 is 5.97 Å². The minimum absolute atomic E-state index is 0.150. The van der Waals surface area contributed by atoms with Gasteiger partial charge in [-0.3, -0.25) is 4.79 Å². The third kappa shape index (κ3) is 5.25. The third-order valence-corrected chi connectivity index (χ3v) is 5.42. The van der Waals surface area contributed by atoms with Gasteiger partial charge < -0.3 is 14.8 Å². The van der Waals surface area contributed by atoms with Crippen LogP contribution >= 0.6 is 23.1 Å². The van der Waals surface area contributed by atoms with Crippen LogP contribution in [0.4, 0.5) is 5.00 Å². The molecular weight excluding hydrogens is 372 g/mol. The fraction of sp³-hybridized carbons (Fsp3) is 0.278. The van der Waals surface area contributed by atoms with Crippen molar-refractivity contribution < 1.29 is 19.1 Å². The fourth-order valence-corrected chi connectivity index (χ4v) is 3.92. The predicted octanol–water partition coefficient (Wildman–Crippen LogP) is 4.21. The van der Waals surface area contributed by atoms with E-state index in [1.165, 1.54) is 0 Å². The van der Waals surface area contributed by atoms with Crippen LogP contribution in [0, 0.1) is 17.6 Å². The second-order valence-corrected chi connectivity index (χ2v) is 6.90. The van der Waals surface area contributed by atoms with Gasteiger partial charge in [-0.05, 0) is 43.3 Å². The van der Waals surface area contributed by atoms with E-state index in [2.05, 4.69) is 5.32 Å². The van der Waals surface area contributed by atoms with Crippen LogP contribution in [0.25, 0.3) is 0 Å². The quantitative estimate of drug-likeness (QED) is 0.413. The van der Waals surface area contributed by atoms with Gasteiger partial charge in [0.15, 0.2) is 0 Å². The lowest BCUT2D eigenvalue weighted by Gasteiger charge is -2.07. The molecule has 0 aliphatic carbocycles. The molecule has 0 aliphatic heterocycles. The Bertz CT molecular complexity index is 813. The lowest BCUT2D eigenvalue weighted by molar-refractivity contribution is -0.116. The van der Waals surface area contributed by atoms with Crippen LogP contribution in [0.3, 0.4) is 0 Å². The van der Waals surface area contributed by atoms with Gasteiger partial charge in [0, 0.05) is 0 Å². The standard InChI is InChI=1S/C18H18N2O4S2/c1-3-23-18(22)16-12(2)15(25-11-19)17(26-16)20-14(21)9-10-24-13-7-5-4-6-8-13/h4-8H,3,9-10H2,1-2H3,(H,20,21). The summed E-state index contributed by atoms with van der Waals surface area (Å²) >= 11 is 2.02. The predicted molar refractivity (Wildman–Crippen MR) is 102 cm³/mol. The van der Waals surface area contributed by atoms with Crippen molar-refractivity contribution in [3.05, 3.63) is 40.8 Å². The molecule has 0 atom stereocenters. The zero-order chi connectivity index (χ0) is 18.9. The molecule has 0 spiro atoms. The molecule has 136 valence electrons. The molecule has 1 heterocycles. The van der Waals surface area contributed by atoms with Crippen molar-refractivity contribution in [3.63, 3.8) is 0 Å². The highest BCUT2D eigenvalue weighted by atomic mass is 32.2. The number of thiocyanates is 1. The van der Waals surface area contributed by atoms with E-state index in [4.69, 9.17) is 14.7 Å². The normalized spacial score (nSPS) is 10.0. The average Bonchev–Trinajstić information content (AvgIpc) is 2.93. The monoisotopic (exact) mass is 390 g/mol. The van der Waals surface area contributed by atoms with E-state index in [1.54, 1.807) is 13.8 Å². The van der Waals surface area contributed by atoms with Crippen molar-refractivity contribution in [1.82, 2.24) is 0 Å². The molecule has 0 bridgehead atoms. The summed E-state index contributed by atoms with van der Waals surface area (Å²) in [6, 6.07) is 9.22. The molecule has 1 aromatic heterocycles. The van der Waals surface area contributed by atoms with Crippen LogP contribution in [0.1, 0.15) is 28.6 Å². The van der Waals surface area contributed by atoms with Gasteiger partial charge in [-0.2, -0.15) is 5.26 Å². The number of nitrogens with one attached hydrogen (secondary N) is 1. The number of hydrogen-bond acceptors (Lipinski definition) is 7. The molecule has 0 unspecified atom stereocenters. The van der Waals surface area contributed by atoms with E-state index in [0.717, 1.165) is 23.1 Å². The van der Waals surface area contributed by atoms with Gasteiger partial charge in [-0.1, -0.05) is 18.2 Å². The maximum absolute atomic E-state index is 12.2. The smallest absolute Gasteiger partial charge is 0.348 e. The van der Waals surface area contributed by atoms with Crippen LogP contribution < -0.4 is 10.1 Å². The summed E-state index contributed by atoms with van der Waals surface area (Å²) < 4.78 is 10.5. The van der Waals surface area contributed by atoms with Crippen LogP contribution in [0.2, 0.25) is 0 Å². The minimum atomic E-state index is -0.456. The van der Waals surface area contributed by atoms with Gasteiger partial charge in [0.25, 0.3) is 0 Å². The number of nitriles is 1. The summed E-state index contributed by atoms with van der Waals surface area (Å²) in [5.74, 6) is -0.0160. The highest BCUT2D eigenvalue weighted by Crippen LogP contribution is 2.40. The molecule has 0 fully saturated rings. The summed E-state index contributed by atoms with van der Waals surface area (Å²) in [6.07, 6.45) is 0.150. The molecule has 0 saturated heterocycles. The number of thioether (sulfide) groups is 1. The first kappa shape index (κ1) is 19.8. The summed E-state index contributed by atoms with van der Waals surface area (Å²) in [5, 5.41) is 14.2. The van der Waals surface area contributed by atoms with E-state index >= 15 is 0 Å². The van der Waals surface area contributed by atoms with Gasteiger partial charge in [0.05, 0.1) is 24.5 Å². The van der Waals surface area contributed by atoms with Gasteiger partial charge in [-0.25, -0.2) is 4.79 Å². The van der Waals surface area contributed by atoms with Crippen molar-refractivity contribution in [3.8, 4) is 11.2 Å². The zero-order valence-corrected chi connectivity index (χ0v) is 16.0. The number of rotatable bonds is 8. The molecule has 1 amide bonds.